The van der Waals surface area contributed by atoms with Crippen LogP contribution >= 0.6 is 0 Å². The first-order valence-electron chi connectivity index (χ1n) is 29.9. The van der Waals surface area contributed by atoms with E-state index in [4.69, 9.17) is 0 Å². The van der Waals surface area contributed by atoms with Crippen molar-refractivity contribution < 1.29 is 4.48 Å². The van der Waals surface area contributed by atoms with E-state index in [0.717, 1.165) is 5.92 Å². The van der Waals surface area contributed by atoms with Crippen molar-refractivity contribution in [1.29, 1.82) is 0 Å². The van der Waals surface area contributed by atoms with Crippen LogP contribution in [0.4, 0.5) is 0 Å². The third-order valence-corrected chi connectivity index (χ3v) is 14.9. The average Bonchev–Trinajstić information content (AvgIpc) is 3.25. The molecule has 0 unspecified atom stereocenters. The first-order chi connectivity index (χ1) is 30.1. The predicted octanol–water partition coefficient (Wildman–Crippen LogP) is 22.0. The molecule has 0 bridgehead atoms. The Kier molecular flexibility index (Phi) is 52.5. The van der Waals surface area contributed by atoms with Crippen molar-refractivity contribution in [3.05, 3.63) is 0 Å². The molecule has 61 heavy (non-hydrogen) atoms. The molecule has 0 saturated heterocycles. The summed E-state index contributed by atoms with van der Waals surface area (Å²) in [6.45, 7) is 17.8. The number of quaternary nitrogens is 1. The minimum absolute atomic E-state index is 0.851. The molecule has 0 spiro atoms. The van der Waals surface area contributed by atoms with Crippen molar-refractivity contribution in [1.82, 2.24) is 0 Å². The molecule has 368 valence electrons. The van der Waals surface area contributed by atoms with Gasteiger partial charge in [0.25, 0.3) is 0 Å². The van der Waals surface area contributed by atoms with Crippen LogP contribution in [0.2, 0.25) is 0 Å². The van der Waals surface area contributed by atoms with Crippen LogP contribution in [0.5, 0.6) is 0 Å². The van der Waals surface area contributed by atoms with E-state index in [9.17, 15) is 0 Å². The van der Waals surface area contributed by atoms with Gasteiger partial charge >= 0.3 is 0 Å². The smallest absolute Gasteiger partial charge is 0.0786 e. The fourth-order valence-corrected chi connectivity index (χ4v) is 10.5. The lowest BCUT2D eigenvalue weighted by Crippen LogP contribution is -2.51. The topological polar surface area (TPSA) is 0 Å². The lowest BCUT2D eigenvalue weighted by molar-refractivity contribution is -0.929. The molecule has 0 rings (SSSR count). The van der Waals surface area contributed by atoms with Gasteiger partial charge in [-0.05, 0) is 57.3 Å². The summed E-state index contributed by atoms with van der Waals surface area (Å²) in [6, 6.07) is 0. The van der Waals surface area contributed by atoms with Crippen molar-refractivity contribution >= 4 is 0 Å². The van der Waals surface area contributed by atoms with E-state index in [-0.39, 0.29) is 0 Å². The Bertz CT molecular complexity index is 668. The van der Waals surface area contributed by atoms with Crippen molar-refractivity contribution in [2.24, 2.45) is 5.92 Å². The summed E-state index contributed by atoms with van der Waals surface area (Å²) in [5.74, 6) is 0.851. The minimum Gasteiger partial charge on any atom is -0.324 e. The molecule has 0 aromatic heterocycles. The number of nitrogens with zero attached hydrogens (tertiary/aromatic N) is 1. The molecule has 0 aromatic carbocycles. The molecule has 0 heterocycles. The maximum Gasteiger partial charge on any atom is 0.0786 e. The Morgan fingerprint density at radius 2 is 0.344 bits per heavy atom. The zero-order valence-corrected chi connectivity index (χ0v) is 44.2. The van der Waals surface area contributed by atoms with Gasteiger partial charge in [-0.15, -0.1) is 0 Å². The van der Waals surface area contributed by atoms with Gasteiger partial charge in [-0.3, -0.25) is 0 Å². The molecule has 0 radical (unpaired) electrons. The van der Waals surface area contributed by atoms with Gasteiger partial charge in [0, 0.05) is 0 Å². The van der Waals surface area contributed by atoms with E-state index in [1.165, 1.54) is 352 Å². The van der Waals surface area contributed by atoms with E-state index in [1.54, 1.807) is 0 Å². The molecule has 0 atom stereocenters. The van der Waals surface area contributed by atoms with Crippen LogP contribution < -0.4 is 0 Å². The Morgan fingerprint density at radius 3 is 0.508 bits per heavy atom. The quantitative estimate of drug-likeness (QED) is 0.0422. The fourth-order valence-electron chi connectivity index (χ4n) is 10.5. The van der Waals surface area contributed by atoms with E-state index < -0.39 is 0 Å². The van der Waals surface area contributed by atoms with Gasteiger partial charge in [0.2, 0.25) is 0 Å². The van der Waals surface area contributed by atoms with Crippen molar-refractivity contribution in [2.45, 2.75) is 356 Å². The van der Waals surface area contributed by atoms with Gasteiger partial charge in [-0.25, -0.2) is 0 Å². The summed E-state index contributed by atoms with van der Waals surface area (Å²) in [4.78, 5) is 0. The molecular weight excluding hydrogens is 735 g/mol. The van der Waals surface area contributed by atoms with Gasteiger partial charge in [-0.1, -0.05) is 304 Å². The van der Waals surface area contributed by atoms with Crippen LogP contribution in [-0.4, -0.2) is 30.7 Å². The van der Waals surface area contributed by atoms with E-state index in [0.29, 0.717) is 0 Å². The Labute approximate surface area is 390 Å². The number of unbranched alkanes of at least 4 members (excludes halogenated alkanes) is 45. The second-order valence-electron chi connectivity index (χ2n) is 21.7. The number of hydrogen-bond donors (Lipinski definition) is 0. The van der Waals surface area contributed by atoms with E-state index >= 15 is 0 Å². The largest absolute Gasteiger partial charge is 0.324 e. The van der Waals surface area contributed by atoms with Crippen LogP contribution in [0.15, 0.2) is 0 Å². The monoisotopic (exact) mass is 859 g/mol. The summed E-state index contributed by atoms with van der Waals surface area (Å²) in [7, 11) is 0. The third kappa shape index (κ3) is 49.2. The van der Waals surface area contributed by atoms with Gasteiger partial charge in [0.1, 0.15) is 0 Å². The van der Waals surface area contributed by atoms with Gasteiger partial charge < -0.3 is 4.48 Å². The maximum absolute atomic E-state index is 2.45. The molecule has 0 aliphatic carbocycles. The SMILES string of the molecule is CCCCCCCCCCCCCCCCCC[N+](CCCCCCCCCCCCCCCCCC)(CCCCCCCCCCCCCCCCCC)CCCC(C)C. The van der Waals surface area contributed by atoms with Crippen LogP contribution in [-0.2, 0) is 0 Å². The second kappa shape index (κ2) is 52.6. The first-order valence-corrected chi connectivity index (χ1v) is 29.9. The van der Waals surface area contributed by atoms with E-state index in [1.807, 2.05) is 0 Å². The zero-order valence-electron chi connectivity index (χ0n) is 44.2. The lowest BCUT2D eigenvalue weighted by Gasteiger charge is -2.40. The average molecular weight is 860 g/mol. The Morgan fingerprint density at radius 1 is 0.197 bits per heavy atom. The maximum atomic E-state index is 2.45. The van der Waals surface area contributed by atoms with Gasteiger partial charge in [-0.2, -0.15) is 0 Å². The molecule has 0 N–H and O–H groups in total. The van der Waals surface area contributed by atoms with Crippen LogP contribution in [0, 0.1) is 5.92 Å². The van der Waals surface area contributed by atoms with Crippen LogP contribution in [0.3, 0.4) is 0 Å². The van der Waals surface area contributed by atoms with Crippen molar-refractivity contribution in [3.63, 3.8) is 0 Å². The Balaban J connectivity index is 4.58. The summed E-state index contributed by atoms with van der Waals surface area (Å²) < 4.78 is 1.47. The summed E-state index contributed by atoms with van der Waals surface area (Å²) in [6.07, 6.45) is 73.7. The van der Waals surface area contributed by atoms with Crippen molar-refractivity contribution in [3.8, 4) is 0 Å². The summed E-state index contributed by atoms with van der Waals surface area (Å²) >= 11 is 0. The third-order valence-electron chi connectivity index (χ3n) is 14.9. The highest BCUT2D eigenvalue weighted by atomic mass is 15.3. The highest BCUT2D eigenvalue weighted by Crippen LogP contribution is 2.22. The molecule has 0 amide bonds. The highest BCUT2D eigenvalue weighted by Gasteiger charge is 2.26. The highest BCUT2D eigenvalue weighted by molar-refractivity contribution is 4.57. The predicted molar refractivity (Wildman–Crippen MR) is 282 cm³/mol. The molecule has 1 nitrogen and oxygen atoms in total. The molecule has 0 saturated carbocycles. The molecule has 0 aliphatic rings. The van der Waals surface area contributed by atoms with Crippen LogP contribution in [0.1, 0.15) is 356 Å². The molecule has 1 heteroatoms. The fraction of sp³-hybridized carbons (Fsp3) is 1.00. The molecular formula is C60H124N+. The normalized spacial score (nSPS) is 12.1. The second-order valence-corrected chi connectivity index (χ2v) is 21.7. The first kappa shape index (κ1) is 61.0. The Hall–Kier alpha value is -0.0400. The number of rotatable bonds is 55. The van der Waals surface area contributed by atoms with Crippen LogP contribution in [0.25, 0.3) is 0 Å². The molecule has 0 fully saturated rings. The van der Waals surface area contributed by atoms with Gasteiger partial charge in [0.05, 0.1) is 26.2 Å². The standard InChI is InChI=1S/C60H124N/c1-6-9-12-15-18-21-24-27-30-33-36-39-42-45-48-51-56-61(59-54-55-60(4)5,57-52-49-46-43-40-37-34-31-28-25-22-19-16-13-10-7-2)58-53-50-47-44-41-38-35-32-29-26-23-20-17-14-11-8-3/h60H,6-59H2,1-5H3/q+1. The summed E-state index contributed by atoms with van der Waals surface area (Å²) in [5, 5.41) is 0. The molecule has 0 aliphatic heterocycles. The van der Waals surface area contributed by atoms with Crippen molar-refractivity contribution in [2.75, 3.05) is 26.2 Å². The zero-order chi connectivity index (χ0) is 44.3. The molecule has 0 aromatic rings. The lowest BCUT2D eigenvalue weighted by atomic mass is 10.0. The number of hydrogen-bond acceptors (Lipinski definition) is 0. The summed E-state index contributed by atoms with van der Waals surface area (Å²) in [5.41, 5.74) is 0. The van der Waals surface area contributed by atoms with E-state index in [2.05, 4.69) is 34.6 Å². The van der Waals surface area contributed by atoms with Gasteiger partial charge in [0.15, 0.2) is 0 Å². The minimum atomic E-state index is 0.851.